The smallest absolute Gasteiger partial charge is 0.438 e. The zero-order valence-corrected chi connectivity index (χ0v) is 4.61. The summed E-state index contributed by atoms with van der Waals surface area (Å²) in [6.07, 6.45) is -3.54. The summed E-state index contributed by atoms with van der Waals surface area (Å²) >= 11 is 0. The maximum absolute atomic E-state index is 9.86. The molecule has 0 aliphatic carbocycles. The molecule has 0 unspecified atom stereocenters. The number of carboxylic acid groups (broad SMARTS) is 2. The van der Waals surface area contributed by atoms with Crippen LogP contribution >= 0.6 is 0 Å². The van der Waals surface area contributed by atoms with Gasteiger partial charge >= 0.3 is 12.2 Å². The lowest BCUT2D eigenvalue weighted by atomic mass is 11.0. The predicted molar refractivity (Wildman–Crippen MR) is 28.0 cm³/mol. The molecule has 0 saturated carbocycles. The highest BCUT2D eigenvalue weighted by molar-refractivity contribution is 5.85. The van der Waals surface area contributed by atoms with Gasteiger partial charge in [0.25, 0.3) is 0 Å². The fourth-order valence-electron chi connectivity index (χ4n) is 0.217. The molecule has 54 valence electrons. The highest BCUT2D eigenvalue weighted by Crippen LogP contribution is 1.88. The van der Waals surface area contributed by atoms with Crippen LogP contribution in [0.4, 0.5) is 9.59 Å². The van der Waals surface area contributed by atoms with Crippen molar-refractivity contribution in [1.82, 2.24) is 5.01 Å². The quantitative estimate of drug-likeness (QED) is 0.363. The second-order valence-electron chi connectivity index (χ2n) is 1.09. The Labute approximate surface area is 54.7 Å². The van der Waals surface area contributed by atoms with Gasteiger partial charge in [-0.25, -0.2) is 15.0 Å². The molecular formula is C3H3N3O4. The number of amides is 2. The second-order valence-corrected chi connectivity index (χ2v) is 1.09. The van der Waals surface area contributed by atoms with Crippen molar-refractivity contribution in [3.05, 3.63) is 0 Å². The summed E-state index contributed by atoms with van der Waals surface area (Å²) in [7, 11) is 0. The fourth-order valence-corrected chi connectivity index (χ4v) is 0.217. The normalized spacial score (nSPS) is 7.60. The highest BCUT2D eigenvalue weighted by atomic mass is 16.4. The van der Waals surface area contributed by atoms with Crippen LogP contribution < -0.4 is 0 Å². The third kappa shape index (κ3) is 1.93. The van der Waals surface area contributed by atoms with Crippen LogP contribution in [0.2, 0.25) is 0 Å². The molecule has 0 aromatic carbocycles. The van der Waals surface area contributed by atoms with Crippen LogP contribution in [0.15, 0.2) is 5.10 Å². The molecule has 0 heterocycles. The molecule has 3 N–H and O–H groups in total. The molecular weight excluding hydrogens is 142 g/mol. The van der Waals surface area contributed by atoms with Gasteiger partial charge in [-0.2, -0.15) is 0 Å². The van der Waals surface area contributed by atoms with Gasteiger partial charge in [0.15, 0.2) is 0 Å². The molecule has 0 atom stereocenters. The molecule has 7 heteroatoms. The van der Waals surface area contributed by atoms with Crippen molar-refractivity contribution >= 4 is 18.2 Å². The number of hydrogen-bond donors (Lipinski definition) is 3. The minimum Gasteiger partial charge on any atom is -0.463 e. The monoisotopic (exact) mass is 145 g/mol. The largest absolute Gasteiger partial charge is 0.463 e. The van der Waals surface area contributed by atoms with E-state index in [0.29, 0.717) is 0 Å². The summed E-state index contributed by atoms with van der Waals surface area (Å²) in [5, 5.41) is 24.4. The molecule has 7 nitrogen and oxygen atoms in total. The van der Waals surface area contributed by atoms with E-state index in [1.54, 1.807) is 0 Å². The first-order valence-corrected chi connectivity index (χ1v) is 1.98. The standard InChI is InChI=1S/C3H3N3O4/c4-1-5-6(2(7)8)3(9)10/h4H,(H,7,8)(H,9,10). The molecule has 0 spiro atoms. The number of carbonyl (C=O) groups is 2. The predicted octanol–water partition coefficient (Wildman–Crippen LogP) is 0.312. The number of rotatable bonds is 1. The Bertz CT molecular complexity index is 189. The van der Waals surface area contributed by atoms with Crippen molar-refractivity contribution in [2.75, 3.05) is 0 Å². The van der Waals surface area contributed by atoms with Gasteiger partial charge in [0, 0.05) is 0 Å². The average Bonchev–Trinajstić information content (AvgIpc) is 1.81. The highest BCUT2D eigenvalue weighted by Gasteiger charge is 2.17. The number of imide groups is 1. The Morgan fingerprint density at radius 1 is 1.40 bits per heavy atom. The van der Waals surface area contributed by atoms with Crippen molar-refractivity contribution in [3.8, 4) is 0 Å². The molecule has 0 aromatic rings. The van der Waals surface area contributed by atoms with Gasteiger partial charge in [0.2, 0.25) is 0 Å². The first-order valence-electron chi connectivity index (χ1n) is 1.98. The summed E-state index contributed by atoms with van der Waals surface area (Å²) in [5.41, 5.74) is 0. The Morgan fingerprint density at radius 2 is 1.80 bits per heavy atom. The Balaban J connectivity index is 4.41. The van der Waals surface area contributed by atoms with E-state index < -0.39 is 12.2 Å². The van der Waals surface area contributed by atoms with Gasteiger partial charge in [0.1, 0.15) is 6.01 Å². The molecule has 0 radical (unpaired) electrons. The van der Waals surface area contributed by atoms with Crippen LogP contribution in [0, 0.1) is 5.41 Å². The molecule has 2 amide bonds. The molecule has 0 bridgehead atoms. The van der Waals surface area contributed by atoms with E-state index >= 15 is 0 Å². The van der Waals surface area contributed by atoms with Crippen LogP contribution in [-0.2, 0) is 0 Å². The lowest BCUT2D eigenvalue weighted by molar-refractivity contribution is 0.124. The molecule has 0 rings (SSSR count). The maximum atomic E-state index is 9.86. The molecule has 0 fully saturated rings. The SMILES string of the molecule is N=C=NN(C(=O)O)C(=O)O. The average molecular weight is 145 g/mol. The summed E-state index contributed by atoms with van der Waals surface area (Å²) in [5.74, 6) is 0. The molecule has 10 heavy (non-hydrogen) atoms. The van der Waals surface area contributed by atoms with Gasteiger partial charge in [0.05, 0.1) is 0 Å². The number of hydrogen-bond acceptors (Lipinski definition) is 4. The van der Waals surface area contributed by atoms with Crippen molar-refractivity contribution in [2.45, 2.75) is 0 Å². The number of hydrazone groups is 1. The van der Waals surface area contributed by atoms with Crippen LogP contribution in [0.3, 0.4) is 0 Å². The van der Waals surface area contributed by atoms with Crippen LogP contribution in [0.25, 0.3) is 0 Å². The Morgan fingerprint density at radius 3 is 1.90 bits per heavy atom. The molecule has 0 aromatic heterocycles. The third-order valence-corrected chi connectivity index (χ3v) is 0.512. The van der Waals surface area contributed by atoms with E-state index in [2.05, 4.69) is 5.10 Å². The van der Waals surface area contributed by atoms with Crippen molar-refractivity contribution < 1.29 is 19.8 Å². The van der Waals surface area contributed by atoms with Crippen LogP contribution in [-0.4, -0.2) is 33.4 Å². The van der Waals surface area contributed by atoms with E-state index in [9.17, 15) is 9.59 Å². The second kappa shape index (κ2) is 3.21. The summed E-state index contributed by atoms with van der Waals surface area (Å²) in [6, 6.07) is 1.27. The van der Waals surface area contributed by atoms with E-state index in [0.717, 1.165) is 0 Å². The molecule has 0 saturated heterocycles. The van der Waals surface area contributed by atoms with Crippen molar-refractivity contribution in [2.24, 2.45) is 5.10 Å². The Kier molecular flexibility index (Phi) is 2.60. The minimum absolute atomic E-state index is 0.326. The van der Waals surface area contributed by atoms with Crippen LogP contribution in [0.1, 0.15) is 0 Å². The van der Waals surface area contributed by atoms with Crippen LogP contribution in [0.5, 0.6) is 0 Å². The number of nitrogens with zero attached hydrogens (tertiary/aromatic N) is 2. The first-order chi connectivity index (χ1) is 4.59. The zero-order valence-electron chi connectivity index (χ0n) is 4.61. The zero-order chi connectivity index (χ0) is 8.15. The van der Waals surface area contributed by atoms with E-state index in [-0.39, 0.29) is 5.01 Å². The van der Waals surface area contributed by atoms with Crippen molar-refractivity contribution in [3.63, 3.8) is 0 Å². The van der Waals surface area contributed by atoms with Crippen molar-refractivity contribution in [1.29, 1.82) is 5.41 Å². The first kappa shape index (κ1) is 8.12. The summed E-state index contributed by atoms with van der Waals surface area (Å²) in [6.45, 7) is 0. The summed E-state index contributed by atoms with van der Waals surface area (Å²) in [4.78, 5) is 19.7. The topological polar surface area (TPSA) is 114 Å². The van der Waals surface area contributed by atoms with Gasteiger partial charge in [-0.15, -0.1) is 0 Å². The number of nitrogens with one attached hydrogen (secondary N) is 1. The Hall–Kier alpha value is -1.88. The fraction of sp³-hybridized carbons (Fsp3) is 0. The third-order valence-electron chi connectivity index (χ3n) is 0.512. The van der Waals surface area contributed by atoms with E-state index in [4.69, 9.17) is 15.6 Å². The van der Waals surface area contributed by atoms with Gasteiger partial charge in [-0.05, 0) is 0 Å². The lowest BCUT2D eigenvalue weighted by Crippen LogP contribution is -2.28. The maximum Gasteiger partial charge on any atom is 0.438 e. The van der Waals surface area contributed by atoms with Gasteiger partial charge in [-0.3, -0.25) is 0 Å². The molecule has 0 aliphatic rings. The van der Waals surface area contributed by atoms with Gasteiger partial charge < -0.3 is 10.2 Å². The summed E-state index contributed by atoms with van der Waals surface area (Å²) < 4.78 is 0. The van der Waals surface area contributed by atoms with E-state index in [1.165, 1.54) is 6.01 Å². The lowest BCUT2D eigenvalue weighted by Gasteiger charge is -2.01. The molecule has 0 aliphatic heterocycles. The van der Waals surface area contributed by atoms with Gasteiger partial charge in [-0.1, -0.05) is 10.1 Å². The van der Waals surface area contributed by atoms with E-state index in [1.807, 2.05) is 0 Å². The minimum atomic E-state index is -1.77.